The van der Waals surface area contributed by atoms with Gasteiger partial charge in [0.2, 0.25) is 11.8 Å². The smallest absolute Gasteiger partial charge is 0.228 e. The summed E-state index contributed by atoms with van der Waals surface area (Å²) in [4.78, 5) is 27.9. The van der Waals surface area contributed by atoms with E-state index in [0.717, 1.165) is 38.8 Å². The fourth-order valence-electron chi connectivity index (χ4n) is 2.44. The fourth-order valence-corrected chi connectivity index (χ4v) is 2.44. The summed E-state index contributed by atoms with van der Waals surface area (Å²) in [5.74, 6) is 0.848. The summed E-state index contributed by atoms with van der Waals surface area (Å²) in [7, 11) is 0. The Morgan fingerprint density at radius 3 is 2.13 bits per heavy atom. The van der Waals surface area contributed by atoms with Gasteiger partial charge in [0, 0.05) is 11.8 Å². The molecule has 0 aromatic carbocycles. The number of nitrogens with one attached hydrogen (secondary N) is 3. The first kappa shape index (κ1) is 19.7. The van der Waals surface area contributed by atoms with Crippen LogP contribution in [0.25, 0.3) is 0 Å². The fraction of sp³-hybridized carbons (Fsp3) is 0.533. The number of piperidine rings is 1. The van der Waals surface area contributed by atoms with E-state index in [9.17, 15) is 9.59 Å². The van der Waals surface area contributed by atoms with E-state index in [0.29, 0.717) is 11.5 Å². The Labute approximate surface area is 148 Å². The molecule has 2 fully saturated rings. The van der Waals surface area contributed by atoms with Gasteiger partial charge in [-0.1, -0.05) is 0 Å². The van der Waals surface area contributed by atoms with Crippen LogP contribution in [0.3, 0.4) is 0 Å². The Balaban J connectivity index is 0.00000132. The van der Waals surface area contributed by atoms with Gasteiger partial charge in [-0.3, -0.25) is 9.59 Å². The van der Waals surface area contributed by atoms with Crippen LogP contribution in [0, 0.1) is 11.8 Å². The van der Waals surface area contributed by atoms with Crippen LogP contribution in [-0.4, -0.2) is 29.9 Å². The molecule has 1 aliphatic carbocycles. The minimum absolute atomic E-state index is 0. The highest BCUT2D eigenvalue weighted by molar-refractivity contribution is 5.94. The van der Waals surface area contributed by atoms with Crippen LogP contribution in [0.1, 0.15) is 25.7 Å². The van der Waals surface area contributed by atoms with Crippen molar-refractivity contribution in [3.63, 3.8) is 0 Å². The summed E-state index contributed by atoms with van der Waals surface area (Å²) in [6.07, 6.45) is 5.26. The van der Waals surface area contributed by atoms with E-state index in [-0.39, 0.29) is 48.5 Å². The highest BCUT2D eigenvalue weighted by atomic mass is 35.5. The van der Waals surface area contributed by atoms with E-state index in [1.807, 2.05) is 0 Å². The van der Waals surface area contributed by atoms with Gasteiger partial charge in [0.1, 0.15) is 5.82 Å². The third kappa shape index (κ3) is 5.64. The monoisotopic (exact) mass is 360 g/mol. The van der Waals surface area contributed by atoms with E-state index in [1.165, 1.54) is 0 Å². The summed E-state index contributed by atoms with van der Waals surface area (Å²) < 4.78 is 0. The van der Waals surface area contributed by atoms with Gasteiger partial charge < -0.3 is 16.0 Å². The second kappa shape index (κ2) is 9.05. The Hall–Kier alpha value is -1.37. The van der Waals surface area contributed by atoms with Crippen LogP contribution in [0.4, 0.5) is 11.5 Å². The molecule has 1 aliphatic heterocycles. The van der Waals surface area contributed by atoms with Crippen LogP contribution in [0.2, 0.25) is 0 Å². The van der Waals surface area contributed by atoms with Gasteiger partial charge in [-0.25, -0.2) is 4.98 Å². The molecule has 128 valence electrons. The molecule has 6 nitrogen and oxygen atoms in total. The topological polar surface area (TPSA) is 83.1 Å². The summed E-state index contributed by atoms with van der Waals surface area (Å²) in [5, 5.41) is 8.90. The third-order valence-corrected chi connectivity index (χ3v) is 3.94. The number of aromatic nitrogens is 1. The van der Waals surface area contributed by atoms with Crippen molar-refractivity contribution in [1.29, 1.82) is 0 Å². The van der Waals surface area contributed by atoms with Crippen LogP contribution in [0.15, 0.2) is 18.3 Å². The first-order valence-electron chi connectivity index (χ1n) is 7.51. The zero-order valence-corrected chi connectivity index (χ0v) is 14.3. The quantitative estimate of drug-likeness (QED) is 0.768. The van der Waals surface area contributed by atoms with Gasteiger partial charge in [0.05, 0.1) is 11.9 Å². The molecule has 0 radical (unpaired) electrons. The predicted molar refractivity (Wildman–Crippen MR) is 94.3 cm³/mol. The molecule has 1 saturated carbocycles. The van der Waals surface area contributed by atoms with Gasteiger partial charge in [-0.05, 0) is 50.9 Å². The highest BCUT2D eigenvalue weighted by Gasteiger charge is 2.29. The largest absolute Gasteiger partial charge is 0.324 e. The minimum atomic E-state index is 0. The number of hydrogen-bond donors (Lipinski definition) is 3. The van der Waals surface area contributed by atoms with Gasteiger partial charge >= 0.3 is 0 Å². The molecular formula is C15H22Cl2N4O2. The van der Waals surface area contributed by atoms with Gasteiger partial charge in [0.25, 0.3) is 0 Å². The van der Waals surface area contributed by atoms with Crippen LogP contribution in [-0.2, 0) is 9.59 Å². The van der Waals surface area contributed by atoms with Crippen molar-refractivity contribution in [1.82, 2.24) is 10.3 Å². The first-order valence-corrected chi connectivity index (χ1v) is 7.51. The molecule has 3 rings (SSSR count). The maximum atomic E-state index is 12.1. The Morgan fingerprint density at radius 1 is 0.957 bits per heavy atom. The van der Waals surface area contributed by atoms with Crippen molar-refractivity contribution in [2.24, 2.45) is 11.8 Å². The summed E-state index contributed by atoms with van der Waals surface area (Å²) in [6, 6.07) is 3.49. The molecule has 0 bridgehead atoms. The highest BCUT2D eigenvalue weighted by Crippen LogP contribution is 2.30. The predicted octanol–water partition coefficient (Wildman–Crippen LogP) is 2.21. The molecule has 2 heterocycles. The summed E-state index contributed by atoms with van der Waals surface area (Å²) in [6.45, 7) is 1.78. The number of carbonyl (C=O) groups is 2. The van der Waals surface area contributed by atoms with Crippen molar-refractivity contribution in [3.8, 4) is 0 Å². The van der Waals surface area contributed by atoms with Crippen LogP contribution >= 0.6 is 24.8 Å². The molecule has 0 atom stereocenters. The molecule has 1 aromatic heterocycles. The molecule has 1 saturated heterocycles. The Kier molecular flexibility index (Phi) is 7.75. The third-order valence-electron chi connectivity index (χ3n) is 3.94. The number of hydrogen-bond acceptors (Lipinski definition) is 4. The van der Waals surface area contributed by atoms with E-state index in [1.54, 1.807) is 18.3 Å². The van der Waals surface area contributed by atoms with Crippen molar-refractivity contribution in [3.05, 3.63) is 18.3 Å². The number of amides is 2. The number of anilines is 2. The SMILES string of the molecule is Cl.Cl.O=C(Nc1ccc(NC(=O)C2CC2)nc1)C1CCNCC1. The van der Waals surface area contributed by atoms with Crippen LogP contribution in [0.5, 0.6) is 0 Å². The average molecular weight is 361 g/mol. The van der Waals surface area contributed by atoms with E-state index in [4.69, 9.17) is 0 Å². The lowest BCUT2D eigenvalue weighted by atomic mass is 9.97. The number of rotatable bonds is 4. The molecule has 2 amide bonds. The summed E-state index contributed by atoms with van der Waals surface area (Å²) >= 11 is 0. The molecule has 3 N–H and O–H groups in total. The summed E-state index contributed by atoms with van der Waals surface area (Å²) in [5.41, 5.74) is 0.669. The minimum Gasteiger partial charge on any atom is -0.324 e. The zero-order valence-electron chi connectivity index (χ0n) is 12.7. The lowest BCUT2D eigenvalue weighted by Crippen LogP contribution is -2.34. The normalized spacial score (nSPS) is 17.4. The van der Waals surface area contributed by atoms with Crippen molar-refractivity contribution < 1.29 is 9.59 Å². The van der Waals surface area contributed by atoms with Crippen molar-refractivity contribution in [2.45, 2.75) is 25.7 Å². The zero-order chi connectivity index (χ0) is 14.7. The van der Waals surface area contributed by atoms with E-state index in [2.05, 4.69) is 20.9 Å². The van der Waals surface area contributed by atoms with Gasteiger partial charge in [0.15, 0.2) is 0 Å². The molecule has 1 aromatic rings. The molecule has 2 aliphatic rings. The number of carbonyl (C=O) groups excluding carboxylic acids is 2. The first-order chi connectivity index (χ1) is 10.2. The number of halogens is 2. The van der Waals surface area contributed by atoms with Crippen molar-refractivity contribution >= 4 is 48.1 Å². The van der Waals surface area contributed by atoms with Gasteiger partial charge in [-0.2, -0.15) is 0 Å². The van der Waals surface area contributed by atoms with Crippen LogP contribution < -0.4 is 16.0 Å². The lowest BCUT2D eigenvalue weighted by molar-refractivity contribution is -0.120. The van der Waals surface area contributed by atoms with Gasteiger partial charge in [-0.15, -0.1) is 24.8 Å². The van der Waals surface area contributed by atoms with Crippen molar-refractivity contribution in [2.75, 3.05) is 23.7 Å². The molecule has 0 spiro atoms. The Morgan fingerprint density at radius 2 is 1.57 bits per heavy atom. The standard InChI is InChI=1S/C15H20N4O2.2ClH/c20-14(11-5-7-16-8-6-11)18-12-3-4-13(17-9-12)19-15(21)10-1-2-10;;/h3-4,9-11,16H,1-2,5-8H2,(H,18,20)(H,17,19,21);2*1H. The average Bonchev–Trinajstić information content (AvgIpc) is 3.35. The second-order valence-electron chi connectivity index (χ2n) is 5.71. The number of nitrogens with zero attached hydrogens (tertiary/aromatic N) is 1. The lowest BCUT2D eigenvalue weighted by Gasteiger charge is -2.21. The van der Waals surface area contributed by atoms with E-state index < -0.39 is 0 Å². The Bertz CT molecular complexity index is 529. The van der Waals surface area contributed by atoms with E-state index >= 15 is 0 Å². The second-order valence-corrected chi connectivity index (χ2v) is 5.71. The molecule has 8 heteroatoms. The molecular weight excluding hydrogens is 339 g/mol. The maximum Gasteiger partial charge on any atom is 0.228 e. The maximum absolute atomic E-state index is 12.1. The molecule has 23 heavy (non-hydrogen) atoms. The molecule has 0 unspecified atom stereocenters. The number of pyridine rings is 1.